The second-order valence-electron chi connectivity index (χ2n) is 8.56. The molecule has 0 aliphatic carbocycles. The minimum absolute atomic E-state index is 0.102. The van der Waals surface area contributed by atoms with Crippen LogP contribution in [-0.2, 0) is 22.6 Å². The Kier molecular flexibility index (Phi) is 10.0. The number of nitrogens with zero attached hydrogens (tertiary/aromatic N) is 1. The van der Waals surface area contributed by atoms with Crippen LogP contribution in [-0.4, -0.2) is 35.1 Å². The first kappa shape index (κ1) is 25.9. The van der Waals surface area contributed by atoms with E-state index in [4.69, 9.17) is 11.6 Å². The zero-order valence-corrected chi connectivity index (χ0v) is 21.2. The van der Waals surface area contributed by atoms with E-state index >= 15 is 0 Å². The van der Waals surface area contributed by atoms with Gasteiger partial charge in [0.15, 0.2) is 0 Å². The molecule has 0 bridgehead atoms. The van der Waals surface area contributed by atoms with E-state index in [1.54, 1.807) is 4.90 Å². The summed E-state index contributed by atoms with van der Waals surface area (Å²) in [4.78, 5) is 29.7. The van der Waals surface area contributed by atoms with Crippen molar-refractivity contribution in [3.8, 4) is 0 Å². The van der Waals surface area contributed by atoms with Crippen LogP contribution in [0.2, 0.25) is 5.02 Å². The zero-order chi connectivity index (χ0) is 24.3. The Morgan fingerprint density at radius 3 is 2.18 bits per heavy atom. The molecular formula is C28H31ClN2O2S. The van der Waals surface area contributed by atoms with Crippen LogP contribution < -0.4 is 5.32 Å². The van der Waals surface area contributed by atoms with Crippen LogP contribution in [0.25, 0.3) is 0 Å². The Labute approximate surface area is 211 Å². The maximum atomic E-state index is 13.6. The number of nitrogens with one attached hydrogen (secondary N) is 1. The molecule has 34 heavy (non-hydrogen) atoms. The van der Waals surface area contributed by atoms with Gasteiger partial charge in [-0.3, -0.25) is 9.59 Å². The van der Waals surface area contributed by atoms with Gasteiger partial charge in [0.05, 0.1) is 5.75 Å². The van der Waals surface area contributed by atoms with Gasteiger partial charge in [-0.2, -0.15) is 0 Å². The summed E-state index contributed by atoms with van der Waals surface area (Å²) in [5, 5.41) is 3.62. The van der Waals surface area contributed by atoms with Crippen molar-refractivity contribution >= 4 is 35.2 Å². The number of benzene rings is 3. The molecule has 0 unspecified atom stereocenters. The highest BCUT2D eigenvalue weighted by molar-refractivity contribution is 8.00. The fraction of sp³-hybridized carbons (Fsp3) is 0.286. The van der Waals surface area contributed by atoms with E-state index < -0.39 is 6.04 Å². The number of hydrogen-bond acceptors (Lipinski definition) is 3. The normalized spacial score (nSPS) is 11.8. The molecule has 3 rings (SSSR count). The second kappa shape index (κ2) is 13.2. The highest BCUT2D eigenvalue weighted by Gasteiger charge is 2.30. The molecule has 1 N–H and O–H groups in total. The quantitative estimate of drug-likeness (QED) is 0.340. The van der Waals surface area contributed by atoms with Crippen LogP contribution in [0.15, 0.2) is 89.8 Å². The van der Waals surface area contributed by atoms with E-state index in [1.165, 1.54) is 11.8 Å². The van der Waals surface area contributed by atoms with Gasteiger partial charge in [-0.1, -0.05) is 92.2 Å². The van der Waals surface area contributed by atoms with E-state index in [-0.39, 0.29) is 24.1 Å². The molecule has 0 aromatic heterocycles. The lowest BCUT2D eigenvalue weighted by atomic mass is 10.0. The summed E-state index contributed by atoms with van der Waals surface area (Å²) >= 11 is 7.92. The van der Waals surface area contributed by atoms with Crippen molar-refractivity contribution in [2.45, 2.75) is 37.8 Å². The molecule has 0 aliphatic rings. The van der Waals surface area contributed by atoms with Gasteiger partial charge in [0, 0.05) is 29.4 Å². The van der Waals surface area contributed by atoms with Gasteiger partial charge >= 0.3 is 0 Å². The van der Waals surface area contributed by atoms with Crippen molar-refractivity contribution in [3.63, 3.8) is 0 Å². The topological polar surface area (TPSA) is 49.4 Å². The molecule has 178 valence electrons. The Morgan fingerprint density at radius 1 is 0.912 bits per heavy atom. The highest BCUT2D eigenvalue weighted by atomic mass is 35.5. The van der Waals surface area contributed by atoms with Gasteiger partial charge in [-0.25, -0.2) is 0 Å². The molecule has 4 nitrogen and oxygen atoms in total. The molecule has 0 saturated carbocycles. The van der Waals surface area contributed by atoms with Gasteiger partial charge in [0.2, 0.25) is 11.8 Å². The van der Waals surface area contributed by atoms with E-state index in [9.17, 15) is 9.59 Å². The molecule has 0 saturated heterocycles. The number of carbonyl (C=O) groups excluding carboxylic acids is 2. The number of amides is 2. The third kappa shape index (κ3) is 7.93. The average molecular weight is 495 g/mol. The highest BCUT2D eigenvalue weighted by Crippen LogP contribution is 2.23. The first-order valence-corrected chi connectivity index (χ1v) is 12.8. The smallest absolute Gasteiger partial charge is 0.243 e. The number of halogens is 1. The number of thioether (sulfide) groups is 1. The minimum atomic E-state index is -0.652. The molecule has 1 atom stereocenters. The summed E-state index contributed by atoms with van der Waals surface area (Å²) in [6, 6.07) is 26.4. The summed E-state index contributed by atoms with van der Waals surface area (Å²) in [5.41, 5.74) is 1.82. The summed E-state index contributed by atoms with van der Waals surface area (Å²) in [6.45, 7) is 4.92. The number of rotatable bonds is 11. The Morgan fingerprint density at radius 2 is 1.53 bits per heavy atom. The first-order valence-electron chi connectivity index (χ1n) is 11.5. The summed E-state index contributed by atoms with van der Waals surface area (Å²) < 4.78 is 0. The molecule has 2 amide bonds. The molecule has 0 spiro atoms. The molecular weight excluding hydrogens is 464 g/mol. The van der Waals surface area contributed by atoms with Gasteiger partial charge in [-0.15, -0.1) is 11.8 Å². The van der Waals surface area contributed by atoms with Crippen molar-refractivity contribution in [3.05, 3.63) is 101 Å². The fourth-order valence-electron chi connectivity index (χ4n) is 3.53. The van der Waals surface area contributed by atoms with Gasteiger partial charge < -0.3 is 10.2 Å². The van der Waals surface area contributed by atoms with Crippen LogP contribution in [0.3, 0.4) is 0 Å². The summed E-state index contributed by atoms with van der Waals surface area (Å²) in [7, 11) is 0. The monoisotopic (exact) mass is 494 g/mol. The number of hydrogen-bond donors (Lipinski definition) is 1. The van der Waals surface area contributed by atoms with E-state index in [1.807, 2.05) is 84.9 Å². The van der Waals surface area contributed by atoms with Crippen LogP contribution in [0, 0.1) is 5.92 Å². The Bertz CT molecular complexity index is 1060. The lowest BCUT2D eigenvalue weighted by Crippen LogP contribution is -2.51. The maximum absolute atomic E-state index is 13.6. The van der Waals surface area contributed by atoms with E-state index in [0.29, 0.717) is 23.9 Å². The van der Waals surface area contributed by atoms with Gasteiger partial charge in [0.25, 0.3) is 0 Å². The van der Waals surface area contributed by atoms with Crippen molar-refractivity contribution in [2.75, 3.05) is 12.3 Å². The van der Waals surface area contributed by atoms with Crippen molar-refractivity contribution in [1.29, 1.82) is 0 Å². The lowest BCUT2D eigenvalue weighted by Gasteiger charge is -2.32. The van der Waals surface area contributed by atoms with Gasteiger partial charge in [-0.05, 0) is 35.2 Å². The predicted molar refractivity (Wildman–Crippen MR) is 141 cm³/mol. The molecule has 6 heteroatoms. The predicted octanol–water partition coefficient (Wildman–Crippen LogP) is 5.84. The largest absolute Gasteiger partial charge is 0.354 e. The number of carbonyl (C=O) groups is 2. The zero-order valence-electron chi connectivity index (χ0n) is 19.6. The minimum Gasteiger partial charge on any atom is -0.354 e. The summed E-state index contributed by atoms with van der Waals surface area (Å²) in [6.07, 6.45) is 0.428. The molecule has 0 aliphatic heterocycles. The lowest BCUT2D eigenvalue weighted by molar-refractivity contribution is -0.139. The van der Waals surface area contributed by atoms with Crippen LogP contribution in [0.5, 0.6) is 0 Å². The van der Waals surface area contributed by atoms with Crippen LogP contribution in [0.1, 0.15) is 25.0 Å². The molecule has 0 radical (unpaired) electrons. The summed E-state index contributed by atoms with van der Waals surface area (Å²) in [5.74, 6) is 0.289. The SMILES string of the molecule is CC(C)CNC(=O)[C@@H](Cc1ccccc1)N(Cc1ccccc1Cl)C(=O)CSc1ccccc1. The van der Waals surface area contributed by atoms with Crippen LogP contribution in [0.4, 0.5) is 0 Å². The average Bonchev–Trinajstić information content (AvgIpc) is 2.85. The Hall–Kier alpha value is -2.76. The molecule has 0 fully saturated rings. The van der Waals surface area contributed by atoms with Crippen molar-refractivity contribution < 1.29 is 9.59 Å². The third-order valence-corrected chi connectivity index (χ3v) is 6.73. The first-order chi connectivity index (χ1) is 16.4. The van der Waals surface area contributed by atoms with Crippen molar-refractivity contribution in [1.82, 2.24) is 10.2 Å². The van der Waals surface area contributed by atoms with E-state index in [2.05, 4.69) is 19.2 Å². The van der Waals surface area contributed by atoms with E-state index in [0.717, 1.165) is 16.0 Å². The Balaban J connectivity index is 1.90. The third-order valence-electron chi connectivity index (χ3n) is 5.36. The standard InChI is InChI=1S/C28H31ClN2O2S/c1-21(2)18-30-28(33)26(17-22-11-5-3-6-12-22)31(19-23-13-9-10-16-25(23)29)27(32)20-34-24-14-7-4-8-15-24/h3-16,21,26H,17-20H2,1-2H3,(H,30,33)/t26-/m1/s1. The molecule has 3 aromatic rings. The molecule has 3 aromatic carbocycles. The van der Waals surface area contributed by atoms with Crippen molar-refractivity contribution in [2.24, 2.45) is 5.92 Å². The van der Waals surface area contributed by atoms with Crippen LogP contribution >= 0.6 is 23.4 Å². The van der Waals surface area contributed by atoms with Gasteiger partial charge in [0.1, 0.15) is 6.04 Å². The molecule has 0 heterocycles. The maximum Gasteiger partial charge on any atom is 0.243 e. The fourth-order valence-corrected chi connectivity index (χ4v) is 4.53. The second-order valence-corrected chi connectivity index (χ2v) is 10.0.